The zero-order valence-corrected chi connectivity index (χ0v) is 20.5. The Bertz CT molecular complexity index is 434. The van der Waals surface area contributed by atoms with E-state index in [1.165, 1.54) is 56.1 Å². The minimum Gasteiger partial charge on any atom is -0.396 e. The van der Waals surface area contributed by atoms with E-state index in [0.29, 0.717) is 24.4 Å². The summed E-state index contributed by atoms with van der Waals surface area (Å²) in [7, 11) is 0. The van der Waals surface area contributed by atoms with Crippen molar-refractivity contribution in [3.05, 3.63) is 49.6 Å². The standard InChI is InChI=1S/C14H26O.C14H26/c1-5-6-7-14(12(2)3)9-8-13(4)10-11-15;1-6-8-9-14(12(3)4)11-10-13(5)7-2/h5,13-15H,1-2,6-11H2,3-4H3;6,13-14H,1,3,7-11H2,2,4-5H3. The fraction of sp³-hybridized carbons (Fsp3) is 0.714. The van der Waals surface area contributed by atoms with E-state index in [1.54, 1.807) is 0 Å². The van der Waals surface area contributed by atoms with Gasteiger partial charge in [-0.1, -0.05) is 76.5 Å². The van der Waals surface area contributed by atoms with E-state index in [1.807, 2.05) is 12.2 Å². The summed E-state index contributed by atoms with van der Waals surface area (Å²) < 4.78 is 0. The molecule has 0 aliphatic carbocycles. The van der Waals surface area contributed by atoms with Gasteiger partial charge in [0.05, 0.1) is 0 Å². The number of hydrogen-bond acceptors (Lipinski definition) is 1. The zero-order chi connectivity index (χ0) is 22.7. The lowest BCUT2D eigenvalue weighted by Crippen LogP contribution is -2.05. The lowest BCUT2D eigenvalue weighted by atomic mass is 9.88. The Labute approximate surface area is 184 Å². The van der Waals surface area contributed by atoms with Crippen molar-refractivity contribution >= 4 is 0 Å². The Balaban J connectivity index is 0. The monoisotopic (exact) mass is 404 g/mol. The van der Waals surface area contributed by atoms with Crippen LogP contribution in [-0.2, 0) is 0 Å². The van der Waals surface area contributed by atoms with Crippen LogP contribution in [0.5, 0.6) is 0 Å². The van der Waals surface area contributed by atoms with Crippen LogP contribution in [0.15, 0.2) is 49.6 Å². The van der Waals surface area contributed by atoms with Crippen molar-refractivity contribution in [3.8, 4) is 0 Å². The third-order valence-electron chi connectivity index (χ3n) is 6.17. The van der Waals surface area contributed by atoms with Gasteiger partial charge in [-0.15, -0.1) is 13.2 Å². The molecule has 0 aliphatic heterocycles. The van der Waals surface area contributed by atoms with Gasteiger partial charge in [0.2, 0.25) is 0 Å². The number of allylic oxidation sites excluding steroid dienone is 4. The van der Waals surface area contributed by atoms with Crippen molar-refractivity contribution in [2.45, 2.75) is 98.8 Å². The number of aliphatic hydroxyl groups excluding tert-OH is 1. The van der Waals surface area contributed by atoms with Gasteiger partial charge < -0.3 is 5.11 Å². The Kier molecular flexibility index (Phi) is 21.0. The molecule has 0 amide bonds. The summed E-state index contributed by atoms with van der Waals surface area (Å²) in [5, 5.41) is 8.82. The predicted molar refractivity (Wildman–Crippen MR) is 134 cm³/mol. The highest BCUT2D eigenvalue weighted by atomic mass is 16.3. The van der Waals surface area contributed by atoms with Crippen LogP contribution >= 0.6 is 0 Å². The molecule has 0 heterocycles. The molecule has 0 radical (unpaired) electrons. The van der Waals surface area contributed by atoms with E-state index in [-0.39, 0.29) is 0 Å². The Morgan fingerprint density at radius 3 is 1.45 bits per heavy atom. The smallest absolute Gasteiger partial charge is 0.0433 e. The molecular weight excluding hydrogens is 352 g/mol. The molecule has 1 N–H and O–H groups in total. The second-order valence-corrected chi connectivity index (χ2v) is 9.10. The van der Waals surface area contributed by atoms with Crippen LogP contribution < -0.4 is 0 Å². The lowest BCUT2D eigenvalue weighted by molar-refractivity contribution is 0.253. The van der Waals surface area contributed by atoms with E-state index in [9.17, 15) is 0 Å². The Morgan fingerprint density at radius 2 is 1.14 bits per heavy atom. The van der Waals surface area contributed by atoms with Crippen LogP contribution in [0.25, 0.3) is 0 Å². The molecule has 170 valence electrons. The highest BCUT2D eigenvalue weighted by molar-refractivity contribution is 4.97. The van der Waals surface area contributed by atoms with Gasteiger partial charge in [0.1, 0.15) is 0 Å². The fourth-order valence-electron chi connectivity index (χ4n) is 3.45. The molecule has 0 aromatic rings. The molecular formula is C28H52O. The molecule has 4 unspecified atom stereocenters. The molecule has 0 spiro atoms. The summed E-state index contributed by atoms with van der Waals surface area (Å²) in [6.07, 6.45) is 15.8. The summed E-state index contributed by atoms with van der Waals surface area (Å²) in [6.45, 7) is 27.0. The molecule has 0 saturated heterocycles. The van der Waals surface area contributed by atoms with Crippen molar-refractivity contribution in [1.82, 2.24) is 0 Å². The average molecular weight is 405 g/mol. The van der Waals surface area contributed by atoms with Gasteiger partial charge in [-0.2, -0.15) is 0 Å². The highest BCUT2D eigenvalue weighted by Crippen LogP contribution is 2.25. The van der Waals surface area contributed by atoms with Crippen LogP contribution in [0.3, 0.4) is 0 Å². The molecule has 29 heavy (non-hydrogen) atoms. The first kappa shape index (κ1) is 30.1. The molecule has 0 fully saturated rings. The van der Waals surface area contributed by atoms with E-state index in [0.717, 1.165) is 25.2 Å². The third-order valence-corrected chi connectivity index (χ3v) is 6.17. The maximum absolute atomic E-state index is 8.82. The van der Waals surface area contributed by atoms with E-state index in [4.69, 9.17) is 5.11 Å². The second-order valence-electron chi connectivity index (χ2n) is 9.10. The molecule has 4 atom stereocenters. The van der Waals surface area contributed by atoms with Gasteiger partial charge >= 0.3 is 0 Å². The van der Waals surface area contributed by atoms with Crippen molar-refractivity contribution in [3.63, 3.8) is 0 Å². The van der Waals surface area contributed by atoms with Crippen molar-refractivity contribution in [2.75, 3.05) is 6.61 Å². The molecule has 1 nitrogen and oxygen atoms in total. The summed E-state index contributed by atoms with van der Waals surface area (Å²) in [5.41, 5.74) is 2.63. The maximum Gasteiger partial charge on any atom is 0.0433 e. The largest absolute Gasteiger partial charge is 0.396 e. The van der Waals surface area contributed by atoms with E-state index < -0.39 is 0 Å². The van der Waals surface area contributed by atoms with Gasteiger partial charge in [0.15, 0.2) is 0 Å². The molecule has 1 heteroatoms. The minimum atomic E-state index is 0.311. The van der Waals surface area contributed by atoms with Crippen molar-refractivity contribution < 1.29 is 5.11 Å². The number of aliphatic hydroxyl groups is 1. The quantitative estimate of drug-likeness (QED) is 0.240. The summed E-state index contributed by atoms with van der Waals surface area (Å²) >= 11 is 0. The fourth-order valence-corrected chi connectivity index (χ4v) is 3.45. The Hall–Kier alpha value is -1.08. The van der Waals surface area contributed by atoms with Crippen molar-refractivity contribution in [2.24, 2.45) is 23.7 Å². The van der Waals surface area contributed by atoms with Crippen molar-refractivity contribution in [1.29, 1.82) is 0 Å². The second kappa shape index (κ2) is 20.2. The van der Waals surface area contributed by atoms with E-state index >= 15 is 0 Å². The van der Waals surface area contributed by atoms with Crippen LogP contribution in [0.2, 0.25) is 0 Å². The Morgan fingerprint density at radius 1 is 0.724 bits per heavy atom. The number of hydrogen-bond donors (Lipinski definition) is 1. The maximum atomic E-state index is 8.82. The van der Waals surface area contributed by atoms with Gasteiger partial charge in [-0.05, 0) is 82.5 Å². The van der Waals surface area contributed by atoms with Crippen LogP contribution in [0.1, 0.15) is 98.8 Å². The molecule has 0 aromatic heterocycles. The van der Waals surface area contributed by atoms with Gasteiger partial charge in [0.25, 0.3) is 0 Å². The molecule has 0 rings (SSSR count). The lowest BCUT2D eigenvalue weighted by Gasteiger charge is -2.18. The minimum absolute atomic E-state index is 0.311. The number of rotatable bonds is 17. The molecule has 0 saturated carbocycles. The topological polar surface area (TPSA) is 20.2 Å². The summed E-state index contributed by atoms with van der Waals surface area (Å²) in [4.78, 5) is 0. The van der Waals surface area contributed by atoms with E-state index in [2.05, 4.69) is 60.9 Å². The third kappa shape index (κ3) is 18.7. The molecule has 0 aromatic carbocycles. The first-order valence-electron chi connectivity index (χ1n) is 11.9. The SMILES string of the molecule is C=CCCC(CCC(C)CC)C(=C)C.C=CCCC(CCC(C)CCO)C(=C)C. The van der Waals surface area contributed by atoms with Gasteiger partial charge in [-0.3, -0.25) is 0 Å². The predicted octanol–water partition coefficient (Wildman–Crippen LogP) is 8.91. The van der Waals surface area contributed by atoms with Crippen LogP contribution in [0.4, 0.5) is 0 Å². The average Bonchev–Trinajstić information content (AvgIpc) is 2.67. The molecule has 0 aliphatic rings. The first-order chi connectivity index (χ1) is 13.7. The van der Waals surface area contributed by atoms with Crippen LogP contribution in [0, 0.1) is 23.7 Å². The first-order valence-corrected chi connectivity index (χ1v) is 11.9. The van der Waals surface area contributed by atoms with Gasteiger partial charge in [0, 0.05) is 6.61 Å². The zero-order valence-electron chi connectivity index (χ0n) is 20.5. The summed E-state index contributed by atoms with van der Waals surface area (Å²) in [5.74, 6) is 2.83. The highest BCUT2D eigenvalue weighted by Gasteiger charge is 2.11. The normalized spacial score (nSPS) is 14.7. The van der Waals surface area contributed by atoms with Crippen LogP contribution in [-0.4, -0.2) is 11.7 Å². The molecule has 0 bridgehead atoms. The summed E-state index contributed by atoms with van der Waals surface area (Å²) in [6, 6.07) is 0. The van der Waals surface area contributed by atoms with Gasteiger partial charge in [-0.25, -0.2) is 0 Å².